The topological polar surface area (TPSA) is 26.3 Å². The van der Waals surface area contributed by atoms with Crippen molar-refractivity contribution in [1.29, 1.82) is 0 Å². The zero-order valence-corrected chi connectivity index (χ0v) is 9.73. The van der Waals surface area contributed by atoms with Gasteiger partial charge >= 0.3 is 5.97 Å². The highest BCUT2D eigenvalue weighted by atomic mass is 19.1. The summed E-state index contributed by atoms with van der Waals surface area (Å²) in [4.78, 5) is 11.6. The number of rotatable bonds is 3. The standard InChI is InChI=1S/C14H15FO2/c1-2-3-4-11-9-13(17-14(11)16)10-5-7-12(15)8-6-10/h2-3,5-8,11,13H,4,9H2,1H3/b3-2+/t11-,13+/m0/s1. The SMILES string of the molecule is C/C=C/C[C@H]1C[C@H](c2ccc(F)cc2)OC1=O. The Bertz CT molecular complexity index is 422. The predicted octanol–water partition coefficient (Wildman–Crippen LogP) is 3.40. The smallest absolute Gasteiger partial charge is 0.310 e. The molecule has 0 amide bonds. The van der Waals surface area contributed by atoms with E-state index in [2.05, 4.69) is 0 Å². The fraction of sp³-hybridized carbons (Fsp3) is 0.357. The summed E-state index contributed by atoms with van der Waals surface area (Å²) < 4.78 is 18.1. The largest absolute Gasteiger partial charge is 0.457 e. The highest BCUT2D eigenvalue weighted by Crippen LogP contribution is 2.35. The average Bonchev–Trinajstić information content (AvgIpc) is 2.69. The maximum atomic E-state index is 12.8. The highest BCUT2D eigenvalue weighted by Gasteiger charge is 2.34. The lowest BCUT2D eigenvalue weighted by Crippen LogP contribution is -2.05. The summed E-state index contributed by atoms with van der Waals surface area (Å²) in [6, 6.07) is 6.13. The monoisotopic (exact) mass is 234 g/mol. The van der Waals surface area contributed by atoms with Gasteiger partial charge in [0.1, 0.15) is 11.9 Å². The van der Waals surface area contributed by atoms with Crippen LogP contribution >= 0.6 is 0 Å². The summed E-state index contributed by atoms with van der Waals surface area (Å²) in [5.74, 6) is -0.498. The summed E-state index contributed by atoms with van der Waals surface area (Å²) in [5.41, 5.74) is 0.864. The molecule has 1 aromatic rings. The van der Waals surface area contributed by atoms with Gasteiger partial charge in [0.25, 0.3) is 0 Å². The van der Waals surface area contributed by atoms with Crippen LogP contribution in [0.4, 0.5) is 4.39 Å². The van der Waals surface area contributed by atoms with E-state index in [4.69, 9.17) is 4.74 Å². The lowest BCUT2D eigenvalue weighted by atomic mass is 9.97. The van der Waals surface area contributed by atoms with Crippen molar-refractivity contribution in [1.82, 2.24) is 0 Å². The van der Waals surface area contributed by atoms with Crippen LogP contribution in [0.2, 0.25) is 0 Å². The molecule has 90 valence electrons. The molecule has 0 unspecified atom stereocenters. The van der Waals surface area contributed by atoms with Crippen molar-refractivity contribution in [3.05, 3.63) is 47.8 Å². The van der Waals surface area contributed by atoms with Gasteiger partial charge < -0.3 is 4.74 Å². The van der Waals surface area contributed by atoms with E-state index in [1.807, 2.05) is 19.1 Å². The molecule has 0 aromatic heterocycles. The number of carbonyl (C=O) groups is 1. The molecule has 1 heterocycles. The first-order chi connectivity index (χ1) is 8.20. The first-order valence-electron chi connectivity index (χ1n) is 5.78. The van der Waals surface area contributed by atoms with Gasteiger partial charge in [-0.25, -0.2) is 4.39 Å². The molecule has 0 saturated carbocycles. The van der Waals surface area contributed by atoms with Crippen molar-refractivity contribution in [2.24, 2.45) is 5.92 Å². The molecule has 0 bridgehead atoms. The number of hydrogen-bond acceptors (Lipinski definition) is 2. The maximum Gasteiger partial charge on any atom is 0.310 e. The van der Waals surface area contributed by atoms with Crippen molar-refractivity contribution < 1.29 is 13.9 Å². The van der Waals surface area contributed by atoms with Crippen molar-refractivity contribution in [2.75, 3.05) is 0 Å². The van der Waals surface area contributed by atoms with E-state index in [0.29, 0.717) is 12.8 Å². The lowest BCUT2D eigenvalue weighted by molar-refractivity contribution is -0.144. The van der Waals surface area contributed by atoms with Crippen LogP contribution in [0.25, 0.3) is 0 Å². The van der Waals surface area contributed by atoms with Gasteiger partial charge in [-0.3, -0.25) is 4.79 Å². The first-order valence-corrected chi connectivity index (χ1v) is 5.78. The van der Waals surface area contributed by atoms with Crippen LogP contribution in [0.15, 0.2) is 36.4 Å². The quantitative estimate of drug-likeness (QED) is 0.592. The zero-order valence-electron chi connectivity index (χ0n) is 9.73. The normalized spacial score (nSPS) is 24.2. The fourth-order valence-electron chi connectivity index (χ4n) is 2.01. The van der Waals surface area contributed by atoms with Crippen LogP contribution < -0.4 is 0 Å². The molecule has 1 fully saturated rings. The number of ether oxygens (including phenoxy) is 1. The summed E-state index contributed by atoms with van der Waals surface area (Å²) in [7, 11) is 0. The van der Waals surface area contributed by atoms with Crippen LogP contribution in [0.3, 0.4) is 0 Å². The average molecular weight is 234 g/mol. The van der Waals surface area contributed by atoms with E-state index in [1.165, 1.54) is 12.1 Å². The number of benzene rings is 1. The van der Waals surface area contributed by atoms with Crippen molar-refractivity contribution in [2.45, 2.75) is 25.9 Å². The van der Waals surface area contributed by atoms with E-state index in [9.17, 15) is 9.18 Å². The first kappa shape index (κ1) is 11.8. The Morgan fingerprint density at radius 2 is 2.12 bits per heavy atom. The number of allylic oxidation sites excluding steroid dienone is 2. The Morgan fingerprint density at radius 3 is 2.76 bits per heavy atom. The Morgan fingerprint density at radius 1 is 1.41 bits per heavy atom. The van der Waals surface area contributed by atoms with E-state index in [0.717, 1.165) is 5.56 Å². The number of hydrogen-bond donors (Lipinski definition) is 0. The molecule has 2 nitrogen and oxygen atoms in total. The van der Waals surface area contributed by atoms with E-state index in [1.54, 1.807) is 12.1 Å². The molecule has 3 heteroatoms. The van der Waals surface area contributed by atoms with Gasteiger partial charge in [0.05, 0.1) is 5.92 Å². The van der Waals surface area contributed by atoms with E-state index < -0.39 is 0 Å². The fourth-order valence-corrected chi connectivity index (χ4v) is 2.01. The molecular formula is C14H15FO2. The predicted molar refractivity (Wildman–Crippen MR) is 62.8 cm³/mol. The minimum atomic E-state index is -0.275. The van der Waals surface area contributed by atoms with Gasteiger partial charge in [0.15, 0.2) is 0 Å². The van der Waals surface area contributed by atoms with Gasteiger partial charge in [-0.15, -0.1) is 0 Å². The summed E-state index contributed by atoms with van der Waals surface area (Å²) in [6.45, 7) is 1.93. The van der Waals surface area contributed by atoms with Crippen molar-refractivity contribution in [3.8, 4) is 0 Å². The molecule has 0 spiro atoms. The number of esters is 1. The van der Waals surface area contributed by atoms with Crippen molar-refractivity contribution in [3.63, 3.8) is 0 Å². The number of cyclic esters (lactones) is 1. The Labute approximate surface area is 100 Å². The minimum absolute atomic E-state index is 0.0683. The Kier molecular flexibility index (Phi) is 3.57. The third kappa shape index (κ3) is 2.73. The zero-order chi connectivity index (χ0) is 12.3. The Balaban J connectivity index is 2.05. The van der Waals surface area contributed by atoms with Crippen LogP contribution in [0, 0.1) is 11.7 Å². The second-order valence-corrected chi connectivity index (χ2v) is 4.21. The second-order valence-electron chi connectivity index (χ2n) is 4.21. The molecule has 0 radical (unpaired) electrons. The van der Waals surface area contributed by atoms with E-state index >= 15 is 0 Å². The second kappa shape index (κ2) is 5.13. The summed E-state index contributed by atoms with van der Waals surface area (Å²) in [5, 5.41) is 0. The van der Waals surface area contributed by atoms with Crippen LogP contribution in [-0.2, 0) is 9.53 Å². The molecule has 1 aromatic carbocycles. The molecule has 1 aliphatic rings. The van der Waals surface area contributed by atoms with E-state index in [-0.39, 0.29) is 23.8 Å². The van der Waals surface area contributed by atoms with Gasteiger partial charge in [-0.2, -0.15) is 0 Å². The van der Waals surface area contributed by atoms with Crippen LogP contribution in [-0.4, -0.2) is 5.97 Å². The van der Waals surface area contributed by atoms with Crippen molar-refractivity contribution >= 4 is 5.97 Å². The Hall–Kier alpha value is -1.64. The third-order valence-electron chi connectivity index (χ3n) is 2.99. The molecule has 17 heavy (non-hydrogen) atoms. The highest BCUT2D eigenvalue weighted by molar-refractivity contribution is 5.75. The van der Waals surface area contributed by atoms with Gasteiger partial charge in [-0.05, 0) is 31.0 Å². The molecule has 0 aliphatic carbocycles. The third-order valence-corrected chi connectivity index (χ3v) is 2.99. The molecular weight excluding hydrogens is 219 g/mol. The summed E-state index contributed by atoms with van der Waals surface area (Å²) >= 11 is 0. The van der Waals surface area contributed by atoms with Gasteiger partial charge in [0, 0.05) is 6.42 Å². The molecule has 2 rings (SSSR count). The molecule has 1 saturated heterocycles. The number of halogens is 1. The molecule has 0 N–H and O–H groups in total. The summed E-state index contributed by atoms with van der Waals surface area (Å²) in [6.07, 6.45) is 5.07. The molecule has 1 aliphatic heterocycles. The maximum absolute atomic E-state index is 12.8. The van der Waals surface area contributed by atoms with Gasteiger partial charge in [0.2, 0.25) is 0 Å². The number of carbonyl (C=O) groups excluding carboxylic acids is 1. The van der Waals surface area contributed by atoms with Gasteiger partial charge in [-0.1, -0.05) is 24.3 Å². The van der Waals surface area contributed by atoms with Crippen LogP contribution in [0.1, 0.15) is 31.4 Å². The van der Waals surface area contributed by atoms with Crippen LogP contribution in [0.5, 0.6) is 0 Å². The minimum Gasteiger partial charge on any atom is -0.457 e. The lowest BCUT2D eigenvalue weighted by Gasteiger charge is -2.08. The molecule has 2 atom stereocenters.